The molecule has 1 aromatic carbocycles. The van der Waals surface area contributed by atoms with Crippen molar-refractivity contribution >= 4 is 11.8 Å². The molecule has 0 spiro atoms. The van der Waals surface area contributed by atoms with Crippen molar-refractivity contribution in [1.29, 1.82) is 0 Å². The standard InChI is InChI=1S/C22H26N6O/c1-16-4-6-17(7-5-16)14-24-22(29)25-19-3-2-12-28(15-19)21-13-20(26-27-21)18-8-10-23-11-9-18/h4-11,13,19H,2-3,12,14-15H2,1H3,(H,26,27)(H2,24,25,29). The highest BCUT2D eigenvalue weighted by molar-refractivity contribution is 5.74. The van der Waals surface area contributed by atoms with Crippen molar-refractivity contribution in [2.45, 2.75) is 32.4 Å². The van der Waals surface area contributed by atoms with Crippen molar-refractivity contribution in [3.05, 3.63) is 66.0 Å². The second-order valence-corrected chi connectivity index (χ2v) is 7.47. The number of benzene rings is 1. The van der Waals surface area contributed by atoms with E-state index in [-0.39, 0.29) is 12.1 Å². The molecule has 1 unspecified atom stereocenters. The van der Waals surface area contributed by atoms with E-state index in [1.165, 1.54) is 5.56 Å². The summed E-state index contributed by atoms with van der Waals surface area (Å²) in [5.41, 5.74) is 4.33. The highest BCUT2D eigenvalue weighted by Gasteiger charge is 2.23. The Kier molecular flexibility index (Phi) is 5.74. The van der Waals surface area contributed by atoms with Crippen molar-refractivity contribution in [2.24, 2.45) is 0 Å². The van der Waals surface area contributed by atoms with Crippen LogP contribution in [0.4, 0.5) is 10.6 Å². The number of aromatic amines is 1. The van der Waals surface area contributed by atoms with Gasteiger partial charge >= 0.3 is 6.03 Å². The normalized spacial score (nSPS) is 16.4. The lowest BCUT2D eigenvalue weighted by Gasteiger charge is -2.33. The maximum Gasteiger partial charge on any atom is 0.315 e. The van der Waals surface area contributed by atoms with Crippen molar-refractivity contribution in [2.75, 3.05) is 18.0 Å². The number of aromatic nitrogens is 3. The molecule has 7 heteroatoms. The first-order valence-corrected chi connectivity index (χ1v) is 9.98. The molecular weight excluding hydrogens is 364 g/mol. The predicted octanol–water partition coefficient (Wildman–Crippen LogP) is 3.25. The number of hydrogen-bond donors (Lipinski definition) is 3. The third-order valence-electron chi connectivity index (χ3n) is 5.21. The summed E-state index contributed by atoms with van der Waals surface area (Å²) in [6.45, 7) is 4.26. The van der Waals surface area contributed by atoms with Gasteiger partial charge in [0.15, 0.2) is 5.82 Å². The van der Waals surface area contributed by atoms with E-state index < -0.39 is 0 Å². The molecule has 150 valence electrons. The first kappa shape index (κ1) is 19.0. The summed E-state index contributed by atoms with van der Waals surface area (Å²) in [7, 11) is 0. The SMILES string of the molecule is Cc1ccc(CNC(=O)NC2CCCN(c3cc(-c4ccncc4)[nH]n3)C2)cc1. The zero-order valence-electron chi connectivity index (χ0n) is 16.6. The minimum atomic E-state index is -0.128. The number of aryl methyl sites for hydroxylation is 1. The van der Waals surface area contributed by atoms with Crippen LogP contribution in [0.2, 0.25) is 0 Å². The molecule has 1 atom stereocenters. The topological polar surface area (TPSA) is 85.9 Å². The Morgan fingerprint density at radius 3 is 2.79 bits per heavy atom. The van der Waals surface area contributed by atoms with Gasteiger partial charge in [-0.05, 0) is 37.5 Å². The second-order valence-electron chi connectivity index (χ2n) is 7.47. The molecule has 2 aromatic heterocycles. The Morgan fingerprint density at radius 2 is 2.00 bits per heavy atom. The number of carbonyl (C=O) groups is 1. The van der Waals surface area contributed by atoms with Gasteiger partial charge in [0.25, 0.3) is 0 Å². The average Bonchev–Trinajstić information content (AvgIpc) is 3.25. The second kappa shape index (κ2) is 8.77. The lowest BCUT2D eigenvalue weighted by atomic mass is 10.1. The number of hydrogen-bond acceptors (Lipinski definition) is 4. The van der Waals surface area contributed by atoms with Crippen molar-refractivity contribution in [3.8, 4) is 11.3 Å². The summed E-state index contributed by atoms with van der Waals surface area (Å²) in [5, 5.41) is 13.6. The molecule has 1 saturated heterocycles. The average molecular weight is 390 g/mol. The predicted molar refractivity (Wildman–Crippen MR) is 114 cm³/mol. The van der Waals surface area contributed by atoms with Crippen molar-refractivity contribution in [3.63, 3.8) is 0 Å². The quantitative estimate of drug-likeness (QED) is 0.624. The van der Waals surface area contributed by atoms with Gasteiger partial charge in [-0.3, -0.25) is 10.1 Å². The summed E-state index contributed by atoms with van der Waals surface area (Å²) >= 11 is 0. The number of nitrogens with one attached hydrogen (secondary N) is 3. The zero-order valence-corrected chi connectivity index (χ0v) is 16.6. The summed E-state index contributed by atoms with van der Waals surface area (Å²) in [4.78, 5) is 18.6. The van der Waals surface area contributed by atoms with Crippen LogP contribution >= 0.6 is 0 Å². The number of anilines is 1. The highest BCUT2D eigenvalue weighted by atomic mass is 16.2. The van der Waals surface area contributed by atoms with Gasteiger partial charge in [-0.2, -0.15) is 5.10 Å². The largest absolute Gasteiger partial charge is 0.353 e. The molecule has 3 aromatic rings. The van der Waals surface area contributed by atoms with Crippen LogP contribution in [0.5, 0.6) is 0 Å². The maximum absolute atomic E-state index is 12.3. The van der Waals surface area contributed by atoms with E-state index in [1.807, 2.05) is 24.3 Å². The first-order valence-electron chi connectivity index (χ1n) is 9.98. The molecule has 0 bridgehead atoms. The Labute approximate surface area is 170 Å². The zero-order chi connectivity index (χ0) is 20.1. The third kappa shape index (κ3) is 4.93. The van der Waals surface area contributed by atoms with E-state index in [1.54, 1.807) is 12.4 Å². The van der Waals surface area contributed by atoms with E-state index in [2.05, 4.69) is 55.8 Å². The van der Waals surface area contributed by atoms with E-state index in [0.717, 1.165) is 48.6 Å². The molecule has 0 saturated carbocycles. The molecule has 7 nitrogen and oxygen atoms in total. The molecule has 1 fully saturated rings. The van der Waals surface area contributed by atoms with Gasteiger partial charge in [0.1, 0.15) is 0 Å². The number of piperidine rings is 1. The fraction of sp³-hybridized carbons (Fsp3) is 0.318. The minimum Gasteiger partial charge on any atom is -0.353 e. The summed E-state index contributed by atoms with van der Waals surface area (Å²) < 4.78 is 0. The molecule has 0 radical (unpaired) electrons. The van der Waals surface area contributed by atoms with Crippen LogP contribution in [0.25, 0.3) is 11.3 Å². The number of carbonyl (C=O) groups excluding carboxylic acids is 1. The van der Waals surface area contributed by atoms with Gasteiger partial charge in [-0.15, -0.1) is 0 Å². The van der Waals surface area contributed by atoms with E-state index in [0.29, 0.717) is 6.54 Å². The molecule has 3 N–H and O–H groups in total. The van der Waals surface area contributed by atoms with E-state index >= 15 is 0 Å². The van der Waals surface area contributed by atoms with Crippen molar-refractivity contribution in [1.82, 2.24) is 25.8 Å². The molecule has 2 amide bonds. The Hall–Kier alpha value is -3.35. The van der Waals surface area contributed by atoms with Crippen LogP contribution in [-0.4, -0.2) is 40.3 Å². The molecule has 4 rings (SSSR count). The summed E-state index contributed by atoms with van der Waals surface area (Å²) in [6.07, 6.45) is 5.52. The number of rotatable bonds is 5. The number of pyridine rings is 1. The Balaban J connectivity index is 1.31. The number of H-pyrrole nitrogens is 1. The first-order chi connectivity index (χ1) is 14.2. The summed E-state index contributed by atoms with van der Waals surface area (Å²) in [5.74, 6) is 0.906. The fourth-order valence-corrected chi connectivity index (χ4v) is 3.58. The lowest BCUT2D eigenvalue weighted by molar-refractivity contribution is 0.234. The number of amides is 2. The fourth-order valence-electron chi connectivity index (χ4n) is 3.58. The van der Waals surface area contributed by atoms with Gasteiger partial charge in [0.05, 0.1) is 5.69 Å². The van der Waals surface area contributed by atoms with Gasteiger partial charge in [-0.25, -0.2) is 4.79 Å². The highest BCUT2D eigenvalue weighted by Crippen LogP contribution is 2.23. The lowest BCUT2D eigenvalue weighted by Crippen LogP contribution is -2.50. The third-order valence-corrected chi connectivity index (χ3v) is 5.21. The van der Waals surface area contributed by atoms with Gasteiger partial charge < -0.3 is 15.5 Å². The van der Waals surface area contributed by atoms with Gasteiger partial charge in [0, 0.05) is 49.7 Å². The van der Waals surface area contributed by atoms with E-state index in [4.69, 9.17) is 0 Å². The smallest absolute Gasteiger partial charge is 0.315 e. The van der Waals surface area contributed by atoms with E-state index in [9.17, 15) is 4.79 Å². The van der Waals surface area contributed by atoms with Gasteiger partial charge in [0.2, 0.25) is 0 Å². The Bertz CT molecular complexity index is 937. The Morgan fingerprint density at radius 1 is 1.21 bits per heavy atom. The van der Waals surface area contributed by atoms with Gasteiger partial charge in [-0.1, -0.05) is 29.8 Å². The molecule has 1 aliphatic rings. The molecular formula is C22H26N6O. The van der Waals surface area contributed by atoms with Crippen LogP contribution in [0.15, 0.2) is 54.9 Å². The van der Waals surface area contributed by atoms with Crippen LogP contribution in [0.3, 0.4) is 0 Å². The maximum atomic E-state index is 12.3. The summed E-state index contributed by atoms with van der Waals surface area (Å²) in [6, 6.07) is 14.1. The molecule has 0 aliphatic carbocycles. The molecule has 29 heavy (non-hydrogen) atoms. The monoisotopic (exact) mass is 390 g/mol. The van der Waals surface area contributed by atoms with Crippen LogP contribution in [0, 0.1) is 6.92 Å². The minimum absolute atomic E-state index is 0.0999. The van der Waals surface area contributed by atoms with Crippen LogP contribution in [-0.2, 0) is 6.54 Å². The molecule has 3 heterocycles. The number of urea groups is 1. The molecule has 1 aliphatic heterocycles. The van der Waals surface area contributed by atoms with Crippen molar-refractivity contribution < 1.29 is 4.79 Å². The van der Waals surface area contributed by atoms with Crippen LogP contribution < -0.4 is 15.5 Å². The number of nitrogens with zero attached hydrogens (tertiary/aromatic N) is 3. The van der Waals surface area contributed by atoms with Crippen LogP contribution in [0.1, 0.15) is 24.0 Å².